The number of pyridine rings is 1. The Kier molecular flexibility index (Phi) is 3.67. The second-order valence-corrected chi connectivity index (χ2v) is 4.06. The molecule has 1 heterocycles. The summed E-state index contributed by atoms with van der Waals surface area (Å²) in [5, 5.41) is 9.16. The van der Waals surface area contributed by atoms with Crippen LogP contribution in [-0.4, -0.2) is 19.2 Å². The van der Waals surface area contributed by atoms with E-state index >= 15 is 0 Å². The summed E-state index contributed by atoms with van der Waals surface area (Å²) in [6, 6.07) is 7.71. The third-order valence-corrected chi connectivity index (χ3v) is 2.95. The van der Waals surface area contributed by atoms with Crippen molar-refractivity contribution in [3.63, 3.8) is 0 Å². The fourth-order valence-corrected chi connectivity index (χ4v) is 1.98. The van der Waals surface area contributed by atoms with Crippen molar-refractivity contribution in [1.82, 2.24) is 4.98 Å². The molecule has 0 aliphatic heterocycles. The van der Waals surface area contributed by atoms with Gasteiger partial charge in [-0.15, -0.1) is 0 Å². The molecule has 96 valence electrons. The van der Waals surface area contributed by atoms with Crippen LogP contribution < -0.4 is 9.47 Å². The Labute approximate surface area is 112 Å². The maximum absolute atomic E-state index is 9.16. The van der Waals surface area contributed by atoms with Crippen molar-refractivity contribution < 1.29 is 9.47 Å². The van der Waals surface area contributed by atoms with Gasteiger partial charge in [0.05, 0.1) is 19.8 Å². The van der Waals surface area contributed by atoms with Crippen molar-refractivity contribution in [2.45, 2.75) is 6.92 Å². The molecule has 0 fully saturated rings. The van der Waals surface area contributed by atoms with E-state index in [4.69, 9.17) is 14.7 Å². The van der Waals surface area contributed by atoms with Crippen molar-refractivity contribution >= 4 is 0 Å². The monoisotopic (exact) mass is 254 g/mol. The van der Waals surface area contributed by atoms with E-state index in [0.29, 0.717) is 11.3 Å². The van der Waals surface area contributed by atoms with Crippen LogP contribution in [-0.2, 0) is 0 Å². The molecule has 0 aliphatic carbocycles. The minimum Gasteiger partial charge on any atom is -0.496 e. The topological polar surface area (TPSA) is 55.1 Å². The number of nitrogens with zero attached hydrogens (tertiary/aromatic N) is 2. The summed E-state index contributed by atoms with van der Waals surface area (Å²) in [6.45, 7) is 1.95. The molecular formula is C15H14N2O2. The Hall–Kier alpha value is -2.54. The van der Waals surface area contributed by atoms with Crippen molar-refractivity contribution in [3.8, 4) is 28.7 Å². The maximum atomic E-state index is 9.16. The predicted molar refractivity (Wildman–Crippen MR) is 72.2 cm³/mol. The Balaban J connectivity index is 2.70. The molecule has 4 heteroatoms. The fourth-order valence-electron chi connectivity index (χ4n) is 1.98. The molecule has 0 unspecified atom stereocenters. The van der Waals surface area contributed by atoms with Gasteiger partial charge in [-0.05, 0) is 30.7 Å². The molecule has 19 heavy (non-hydrogen) atoms. The van der Waals surface area contributed by atoms with E-state index in [0.717, 1.165) is 22.4 Å². The minimum absolute atomic E-state index is 0.506. The van der Waals surface area contributed by atoms with Gasteiger partial charge >= 0.3 is 0 Å². The van der Waals surface area contributed by atoms with Crippen LogP contribution in [0.1, 0.15) is 11.1 Å². The second-order valence-electron chi connectivity index (χ2n) is 4.06. The average molecular weight is 254 g/mol. The Morgan fingerprint density at radius 1 is 1.11 bits per heavy atom. The number of ether oxygens (including phenoxy) is 2. The standard InChI is InChI=1S/C15H14N2O2/c1-10-6-15(19-3)13(7-14(10)18-2)12-4-5-17-9-11(12)8-16/h4-7,9H,1-3H3. The smallest absolute Gasteiger partial charge is 0.127 e. The summed E-state index contributed by atoms with van der Waals surface area (Å²) < 4.78 is 10.7. The van der Waals surface area contributed by atoms with Gasteiger partial charge in [-0.1, -0.05) is 0 Å². The van der Waals surface area contributed by atoms with Crippen LogP contribution in [0.3, 0.4) is 0 Å². The molecule has 0 saturated carbocycles. The molecule has 2 aromatic rings. The van der Waals surface area contributed by atoms with Crippen molar-refractivity contribution in [1.29, 1.82) is 5.26 Å². The first-order valence-corrected chi connectivity index (χ1v) is 5.78. The lowest BCUT2D eigenvalue weighted by Gasteiger charge is -2.13. The van der Waals surface area contributed by atoms with Gasteiger partial charge < -0.3 is 9.47 Å². The van der Waals surface area contributed by atoms with E-state index in [9.17, 15) is 0 Å². The number of benzene rings is 1. The van der Waals surface area contributed by atoms with Crippen LogP contribution in [0.25, 0.3) is 11.1 Å². The molecule has 0 N–H and O–H groups in total. The zero-order valence-corrected chi connectivity index (χ0v) is 11.1. The lowest BCUT2D eigenvalue weighted by Crippen LogP contribution is -1.95. The summed E-state index contributed by atoms with van der Waals surface area (Å²) in [5.74, 6) is 1.47. The number of nitriles is 1. The number of rotatable bonds is 3. The van der Waals surface area contributed by atoms with E-state index in [1.807, 2.05) is 19.1 Å². The maximum Gasteiger partial charge on any atom is 0.127 e. The lowest BCUT2D eigenvalue weighted by molar-refractivity contribution is 0.402. The summed E-state index contributed by atoms with van der Waals surface area (Å²) in [6.07, 6.45) is 3.20. The molecule has 0 amide bonds. The van der Waals surface area contributed by atoms with Gasteiger partial charge in [0.2, 0.25) is 0 Å². The molecule has 0 atom stereocenters. The molecule has 0 aliphatic rings. The molecule has 0 spiro atoms. The number of hydrogen-bond donors (Lipinski definition) is 0. The molecule has 1 aromatic heterocycles. The summed E-state index contributed by atoms with van der Waals surface area (Å²) in [4.78, 5) is 3.96. The second kappa shape index (κ2) is 5.40. The Bertz CT molecular complexity index is 645. The lowest BCUT2D eigenvalue weighted by atomic mass is 9.99. The van der Waals surface area contributed by atoms with Crippen LogP contribution in [0.15, 0.2) is 30.6 Å². The summed E-state index contributed by atoms with van der Waals surface area (Å²) >= 11 is 0. The zero-order valence-electron chi connectivity index (χ0n) is 11.1. The van der Waals surface area contributed by atoms with Crippen LogP contribution in [0, 0.1) is 18.3 Å². The first-order chi connectivity index (χ1) is 9.21. The fraction of sp³-hybridized carbons (Fsp3) is 0.200. The van der Waals surface area contributed by atoms with Crippen molar-refractivity contribution in [2.24, 2.45) is 0 Å². The van der Waals surface area contributed by atoms with E-state index < -0.39 is 0 Å². The molecule has 4 nitrogen and oxygen atoms in total. The first kappa shape index (κ1) is 12.9. The predicted octanol–water partition coefficient (Wildman–Crippen LogP) is 2.95. The van der Waals surface area contributed by atoms with Gasteiger partial charge in [0.1, 0.15) is 17.6 Å². The van der Waals surface area contributed by atoms with Crippen LogP contribution in [0.2, 0.25) is 0 Å². The SMILES string of the molecule is COc1cc(-c2ccncc2C#N)c(OC)cc1C. The zero-order chi connectivity index (χ0) is 13.8. The average Bonchev–Trinajstić information content (AvgIpc) is 2.46. The molecule has 0 bridgehead atoms. The van der Waals surface area contributed by atoms with Gasteiger partial charge in [-0.2, -0.15) is 5.26 Å². The quantitative estimate of drug-likeness (QED) is 0.845. The number of hydrogen-bond acceptors (Lipinski definition) is 4. The van der Waals surface area contributed by atoms with E-state index in [1.165, 1.54) is 0 Å². The molecule has 1 aromatic carbocycles. The third kappa shape index (κ3) is 2.36. The van der Waals surface area contributed by atoms with E-state index in [1.54, 1.807) is 32.7 Å². The molecular weight excluding hydrogens is 240 g/mol. The molecule has 0 saturated heterocycles. The largest absolute Gasteiger partial charge is 0.496 e. The van der Waals surface area contributed by atoms with Crippen molar-refractivity contribution in [3.05, 3.63) is 41.7 Å². The van der Waals surface area contributed by atoms with Crippen molar-refractivity contribution in [2.75, 3.05) is 14.2 Å². The summed E-state index contributed by atoms with van der Waals surface area (Å²) in [7, 11) is 3.23. The van der Waals surface area contributed by atoms with E-state index in [2.05, 4.69) is 11.1 Å². The van der Waals surface area contributed by atoms with Gasteiger partial charge in [0, 0.05) is 23.5 Å². The van der Waals surface area contributed by atoms with Crippen LogP contribution >= 0.6 is 0 Å². The minimum atomic E-state index is 0.506. The number of methoxy groups -OCH3 is 2. The van der Waals surface area contributed by atoms with E-state index in [-0.39, 0.29) is 0 Å². The number of aryl methyl sites for hydroxylation is 1. The van der Waals surface area contributed by atoms with Gasteiger partial charge in [0.15, 0.2) is 0 Å². The Morgan fingerprint density at radius 2 is 1.84 bits per heavy atom. The highest BCUT2D eigenvalue weighted by molar-refractivity contribution is 5.77. The molecule has 2 rings (SSSR count). The highest BCUT2D eigenvalue weighted by atomic mass is 16.5. The van der Waals surface area contributed by atoms with Crippen LogP contribution in [0.4, 0.5) is 0 Å². The normalized spacial score (nSPS) is 9.79. The Morgan fingerprint density at radius 3 is 2.47 bits per heavy atom. The van der Waals surface area contributed by atoms with Crippen LogP contribution in [0.5, 0.6) is 11.5 Å². The van der Waals surface area contributed by atoms with Gasteiger partial charge in [-0.25, -0.2) is 0 Å². The van der Waals surface area contributed by atoms with Gasteiger partial charge in [-0.3, -0.25) is 4.98 Å². The molecule has 0 radical (unpaired) electrons. The highest BCUT2D eigenvalue weighted by Gasteiger charge is 2.13. The third-order valence-electron chi connectivity index (χ3n) is 2.95. The number of aromatic nitrogens is 1. The van der Waals surface area contributed by atoms with Gasteiger partial charge in [0.25, 0.3) is 0 Å². The first-order valence-electron chi connectivity index (χ1n) is 5.78. The highest BCUT2D eigenvalue weighted by Crippen LogP contribution is 2.36. The summed E-state index contributed by atoms with van der Waals surface area (Å²) in [5.41, 5.74) is 3.10.